The number of aromatic nitrogens is 3. The Balaban J connectivity index is 0.00000300. The Morgan fingerprint density at radius 2 is 2.03 bits per heavy atom. The number of carbonyl (C=O) groups is 1. The second-order valence-corrected chi connectivity index (χ2v) is 7.55. The number of halogens is 1. The SMILES string of the molecule is CN=C(NCCCc1nnc2ccccn12)NC1CCN(C(=O)C(C)C)CC1.I. The standard InChI is InChI=1S/C20H31N7O.HI/c1-15(2)19(28)26-13-9-16(10-14-26)23-20(21-3)22-11-6-8-18-25-24-17-7-4-5-12-27(17)18;/h4-5,7,12,15-16H,6,8-11,13-14H2,1-3H3,(H2,21,22,23);1H. The first-order valence-electron chi connectivity index (χ1n) is 10.1. The third-order valence-corrected chi connectivity index (χ3v) is 5.12. The topological polar surface area (TPSA) is 86.9 Å². The van der Waals surface area contributed by atoms with E-state index >= 15 is 0 Å². The van der Waals surface area contributed by atoms with Crippen molar-refractivity contribution < 1.29 is 4.79 Å². The molecule has 3 heterocycles. The van der Waals surface area contributed by atoms with Crippen molar-refractivity contribution in [3.63, 3.8) is 0 Å². The molecule has 29 heavy (non-hydrogen) atoms. The second-order valence-electron chi connectivity index (χ2n) is 7.55. The molecule has 1 fully saturated rings. The molecule has 0 atom stereocenters. The summed E-state index contributed by atoms with van der Waals surface area (Å²) in [5.74, 6) is 2.12. The number of nitrogens with zero attached hydrogens (tertiary/aromatic N) is 5. The first-order valence-corrected chi connectivity index (χ1v) is 10.1. The lowest BCUT2D eigenvalue weighted by molar-refractivity contribution is -0.135. The summed E-state index contributed by atoms with van der Waals surface area (Å²) in [5.41, 5.74) is 0.880. The molecule has 1 aliphatic heterocycles. The van der Waals surface area contributed by atoms with Crippen molar-refractivity contribution in [1.29, 1.82) is 0 Å². The van der Waals surface area contributed by atoms with Crippen LogP contribution in [-0.2, 0) is 11.2 Å². The quantitative estimate of drug-likeness (QED) is 0.268. The van der Waals surface area contributed by atoms with E-state index in [9.17, 15) is 4.79 Å². The van der Waals surface area contributed by atoms with Crippen molar-refractivity contribution in [1.82, 2.24) is 30.1 Å². The molecule has 2 N–H and O–H groups in total. The molecule has 2 aromatic heterocycles. The van der Waals surface area contributed by atoms with Gasteiger partial charge in [0.2, 0.25) is 5.91 Å². The summed E-state index contributed by atoms with van der Waals surface area (Å²) in [4.78, 5) is 18.4. The van der Waals surface area contributed by atoms with Gasteiger partial charge in [-0.25, -0.2) is 0 Å². The van der Waals surface area contributed by atoms with Gasteiger partial charge < -0.3 is 15.5 Å². The van der Waals surface area contributed by atoms with E-state index < -0.39 is 0 Å². The Kier molecular flexibility index (Phi) is 9.12. The molecule has 0 radical (unpaired) electrons. The minimum absolute atomic E-state index is 0. The van der Waals surface area contributed by atoms with E-state index in [0.29, 0.717) is 6.04 Å². The summed E-state index contributed by atoms with van der Waals surface area (Å²) < 4.78 is 2.03. The summed E-state index contributed by atoms with van der Waals surface area (Å²) in [6, 6.07) is 6.27. The third kappa shape index (κ3) is 6.28. The van der Waals surface area contributed by atoms with Gasteiger partial charge in [0.1, 0.15) is 5.82 Å². The van der Waals surface area contributed by atoms with E-state index in [1.807, 2.05) is 47.5 Å². The summed E-state index contributed by atoms with van der Waals surface area (Å²) in [6.07, 6.45) is 5.69. The van der Waals surface area contributed by atoms with Crippen molar-refractivity contribution in [3.8, 4) is 0 Å². The molecule has 0 spiro atoms. The highest BCUT2D eigenvalue weighted by molar-refractivity contribution is 14.0. The van der Waals surface area contributed by atoms with E-state index in [2.05, 4.69) is 25.8 Å². The molecular weight excluding hydrogens is 481 g/mol. The smallest absolute Gasteiger partial charge is 0.225 e. The summed E-state index contributed by atoms with van der Waals surface area (Å²) >= 11 is 0. The van der Waals surface area contributed by atoms with E-state index in [1.54, 1.807) is 7.05 Å². The van der Waals surface area contributed by atoms with Crippen LogP contribution in [0, 0.1) is 5.92 Å². The fourth-order valence-electron chi connectivity index (χ4n) is 3.51. The third-order valence-electron chi connectivity index (χ3n) is 5.12. The Labute approximate surface area is 189 Å². The van der Waals surface area contributed by atoms with Crippen molar-refractivity contribution >= 4 is 41.5 Å². The van der Waals surface area contributed by atoms with Crippen LogP contribution >= 0.6 is 24.0 Å². The zero-order valence-corrected chi connectivity index (χ0v) is 19.8. The van der Waals surface area contributed by atoms with E-state index in [0.717, 1.165) is 62.7 Å². The molecule has 160 valence electrons. The lowest BCUT2D eigenvalue weighted by atomic mass is 10.0. The molecule has 1 aliphatic rings. The highest BCUT2D eigenvalue weighted by atomic mass is 127. The number of amides is 1. The van der Waals surface area contributed by atoms with Gasteiger partial charge in [-0.05, 0) is 31.4 Å². The maximum Gasteiger partial charge on any atom is 0.225 e. The van der Waals surface area contributed by atoms with Gasteiger partial charge in [0, 0.05) is 51.3 Å². The van der Waals surface area contributed by atoms with Crippen LogP contribution in [0.15, 0.2) is 29.4 Å². The van der Waals surface area contributed by atoms with Crippen LogP contribution in [0.4, 0.5) is 0 Å². The molecule has 1 saturated heterocycles. The van der Waals surface area contributed by atoms with Gasteiger partial charge in [-0.2, -0.15) is 0 Å². The van der Waals surface area contributed by atoms with Gasteiger partial charge in [-0.1, -0.05) is 19.9 Å². The molecule has 0 aromatic carbocycles. The number of fused-ring (bicyclic) bond motifs is 1. The fraction of sp³-hybridized carbons (Fsp3) is 0.600. The van der Waals surface area contributed by atoms with Crippen LogP contribution in [0.25, 0.3) is 5.65 Å². The van der Waals surface area contributed by atoms with Gasteiger partial charge in [0.05, 0.1) is 0 Å². The van der Waals surface area contributed by atoms with Crippen LogP contribution in [0.1, 0.15) is 38.9 Å². The predicted molar refractivity (Wildman–Crippen MR) is 126 cm³/mol. The minimum atomic E-state index is 0. The molecule has 0 aliphatic carbocycles. The van der Waals surface area contributed by atoms with Crippen molar-refractivity contribution in [2.75, 3.05) is 26.7 Å². The number of hydrogen-bond acceptors (Lipinski definition) is 4. The largest absolute Gasteiger partial charge is 0.356 e. The maximum absolute atomic E-state index is 12.1. The van der Waals surface area contributed by atoms with E-state index in [1.165, 1.54) is 0 Å². The first-order chi connectivity index (χ1) is 13.6. The lowest BCUT2D eigenvalue weighted by Gasteiger charge is -2.34. The molecule has 8 nitrogen and oxygen atoms in total. The lowest BCUT2D eigenvalue weighted by Crippen LogP contribution is -2.50. The van der Waals surface area contributed by atoms with Gasteiger partial charge in [-0.3, -0.25) is 14.2 Å². The van der Waals surface area contributed by atoms with E-state index in [-0.39, 0.29) is 35.8 Å². The number of rotatable bonds is 6. The maximum atomic E-state index is 12.1. The van der Waals surface area contributed by atoms with Crippen molar-refractivity contribution in [3.05, 3.63) is 30.2 Å². The van der Waals surface area contributed by atoms with Crippen LogP contribution in [0.5, 0.6) is 0 Å². The second kappa shape index (κ2) is 11.3. The average Bonchev–Trinajstić information content (AvgIpc) is 3.13. The zero-order chi connectivity index (χ0) is 19.9. The van der Waals surface area contributed by atoms with Gasteiger partial charge >= 0.3 is 0 Å². The molecule has 3 rings (SSSR count). The van der Waals surface area contributed by atoms with E-state index in [4.69, 9.17) is 0 Å². The molecule has 0 bridgehead atoms. The van der Waals surface area contributed by atoms with Crippen LogP contribution in [0.3, 0.4) is 0 Å². The Morgan fingerprint density at radius 1 is 1.28 bits per heavy atom. The van der Waals surface area contributed by atoms with Crippen molar-refractivity contribution in [2.24, 2.45) is 10.9 Å². The van der Waals surface area contributed by atoms with Crippen LogP contribution in [-0.4, -0.2) is 64.1 Å². The number of aryl methyl sites for hydroxylation is 1. The highest BCUT2D eigenvalue weighted by Gasteiger charge is 2.24. The molecule has 9 heteroatoms. The van der Waals surface area contributed by atoms with Gasteiger partial charge in [0.25, 0.3) is 0 Å². The van der Waals surface area contributed by atoms with Crippen LogP contribution < -0.4 is 10.6 Å². The van der Waals surface area contributed by atoms with Crippen LogP contribution in [0.2, 0.25) is 0 Å². The molecule has 0 saturated carbocycles. The highest BCUT2D eigenvalue weighted by Crippen LogP contribution is 2.13. The molecule has 2 aromatic rings. The fourth-order valence-corrected chi connectivity index (χ4v) is 3.51. The normalized spacial score (nSPS) is 15.4. The predicted octanol–water partition coefficient (Wildman–Crippen LogP) is 2.09. The number of aliphatic imine (C=N–C) groups is 1. The summed E-state index contributed by atoms with van der Waals surface area (Å²) in [5, 5.41) is 15.3. The summed E-state index contributed by atoms with van der Waals surface area (Å²) in [6.45, 7) is 6.35. The Bertz CT molecular complexity index is 812. The number of nitrogens with one attached hydrogen (secondary N) is 2. The number of pyridine rings is 1. The van der Waals surface area contributed by atoms with Gasteiger partial charge in [-0.15, -0.1) is 34.2 Å². The van der Waals surface area contributed by atoms with Gasteiger partial charge in [0.15, 0.2) is 11.6 Å². The number of guanidine groups is 1. The van der Waals surface area contributed by atoms with Crippen molar-refractivity contribution in [2.45, 2.75) is 45.6 Å². The zero-order valence-electron chi connectivity index (χ0n) is 17.5. The first kappa shape index (κ1) is 23.4. The molecule has 0 unspecified atom stereocenters. The number of carbonyl (C=O) groups excluding carboxylic acids is 1. The Morgan fingerprint density at radius 3 is 2.72 bits per heavy atom. The molecular formula is C20H32IN7O. The monoisotopic (exact) mass is 513 g/mol. The number of hydrogen-bond donors (Lipinski definition) is 2. The number of likely N-dealkylation sites (tertiary alicyclic amines) is 1. The average molecular weight is 513 g/mol. The molecule has 1 amide bonds. The number of piperidine rings is 1. The Hall–Kier alpha value is -1.91. The minimum Gasteiger partial charge on any atom is -0.356 e. The summed E-state index contributed by atoms with van der Waals surface area (Å²) in [7, 11) is 1.79.